The number of likely N-dealkylation sites (tertiary alicyclic amines) is 1. The number of methoxy groups -OCH3 is 1. The van der Waals surface area contributed by atoms with Crippen LogP contribution in [-0.4, -0.2) is 79.5 Å². The highest BCUT2D eigenvalue weighted by atomic mass is 16.5. The molecule has 0 radical (unpaired) electrons. The topological polar surface area (TPSA) is 138 Å². The third-order valence-corrected chi connectivity index (χ3v) is 9.37. The van der Waals surface area contributed by atoms with E-state index in [1.165, 1.54) is 11.1 Å². The Morgan fingerprint density at radius 2 is 1.81 bits per heavy atom. The molecule has 2 bridgehead atoms. The van der Waals surface area contributed by atoms with Crippen molar-refractivity contribution in [3.63, 3.8) is 0 Å². The van der Waals surface area contributed by atoms with Gasteiger partial charge in [0.25, 0.3) is 0 Å². The molecule has 2 aromatic carbocycles. The van der Waals surface area contributed by atoms with E-state index in [0.29, 0.717) is 29.9 Å². The minimum Gasteiger partial charge on any atom is -0.496 e. The van der Waals surface area contributed by atoms with E-state index >= 15 is 0 Å². The Hall–Kier alpha value is -4.38. The van der Waals surface area contributed by atoms with Gasteiger partial charge in [-0.1, -0.05) is 70.9 Å². The monoisotopic (exact) mass is 647 g/mol. The first-order valence-electron chi connectivity index (χ1n) is 16.6. The number of nitrogens with zero attached hydrogens (tertiary/aromatic N) is 1. The first kappa shape index (κ1) is 35.5. The summed E-state index contributed by atoms with van der Waals surface area (Å²) in [7, 11) is 3.29. The lowest BCUT2D eigenvalue weighted by atomic mass is 9.97. The van der Waals surface area contributed by atoms with E-state index in [1.54, 1.807) is 38.4 Å². The number of rotatable bonds is 11. The molecule has 2 aromatic rings. The number of hydrogen-bond acceptors (Lipinski definition) is 7. The Bertz CT molecular complexity index is 1430. The summed E-state index contributed by atoms with van der Waals surface area (Å²) in [5.41, 5.74) is 1.55. The van der Waals surface area contributed by atoms with E-state index in [0.717, 1.165) is 12.0 Å². The summed E-state index contributed by atoms with van der Waals surface area (Å²) in [5.74, 6) is -0.617. The third kappa shape index (κ3) is 8.51. The predicted molar refractivity (Wildman–Crippen MR) is 180 cm³/mol. The standard InChI is InChI=1S/C36H49N5O6/c1-7-22(3)30(37-5)34(43)39-27(20-24-12-10-9-11-13-24)36(45)41-19-17-29-32(41)35(44)40-31(23(4)8-2)33(42)38-18-16-25-21-26(47-29)14-15-28(25)46-6/h9-16,18,21-23,27,29-32,37H,7-8,17,19-20H2,1-6H3,(H,38,42)(H,39,43)(H,40,44)/b18-16-/t22-,23-,27-,29-,30-,31-,32-/m0/s1. The zero-order chi connectivity index (χ0) is 34.1. The Kier molecular flexibility index (Phi) is 12.4. The molecule has 0 saturated carbocycles. The molecule has 4 rings (SSSR count). The van der Waals surface area contributed by atoms with Crippen LogP contribution in [0.2, 0.25) is 0 Å². The molecule has 47 heavy (non-hydrogen) atoms. The summed E-state index contributed by atoms with van der Waals surface area (Å²) in [6.45, 7) is 8.07. The van der Waals surface area contributed by atoms with Crippen molar-refractivity contribution in [1.29, 1.82) is 0 Å². The average molecular weight is 648 g/mol. The lowest BCUT2D eigenvalue weighted by Crippen LogP contribution is -2.61. The van der Waals surface area contributed by atoms with Crippen molar-refractivity contribution in [2.45, 2.75) is 83.6 Å². The Labute approximate surface area is 277 Å². The molecule has 4 N–H and O–H groups in total. The molecule has 11 heteroatoms. The molecule has 0 aromatic heterocycles. The normalized spacial score (nSPS) is 22.8. The number of ether oxygens (including phenoxy) is 2. The van der Waals surface area contributed by atoms with Gasteiger partial charge in [0.2, 0.25) is 23.6 Å². The Morgan fingerprint density at radius 1 is 1.06 bits per heavy atom. The quantitative estimate of drug-likeness (QED) is 0.294. The van der Waals surface area contributed by atoms with Crippen molar-refractivity contribution in [3.05, 3.63) is 65.9 Å². The van der Waals surface area contributed by atoms with Crippen molar-refractivity contribution < 1.29 is 28.7 Å². The second-order valence-corrected chi connectivity index (χ2v) is 12.4. The van der Waals surface area contributed by atoms with Crippen molar-refractivity contribution in [3.8, 4) is 11.5 Å². The van der Waals surface area contributed by atoms with E-state index in [4.69, 9.17) is 9.47 Å². The van der Waals surface area contributed by atoms with Crippen LogP contribution in [-0.2, 0) is 25.6 Å². The molecule has 0 unspecified atom stereocenters. The smallest absolute Gasteiger partial charge is 0.247 e. The van der Waals surface area contributed by atoms with Crippen LogP contribution in [0.3, 0.4) is 0 Å². The van der Waals surface area contributed by atoms with Gasteiger partial charge in [0.15, 0.2) is 0 Å². The van der Waals surface area contributed by atoms with Crippen LogP contribution < -0.4 is 30.7 Å². The van der Waals surface area contributed by atoms with E-state index in [9.17, 15) is 19.2 Å². The summed E-state index contributed by atoms with van der Waals surface area (Å²) < 4.78 is 11.9. The van der Waals surface area contributed by atoms with Gasteiger partial charge in [-0.2, -0.15) is 0 Å². The molecule has 0 spiro atoms. The van der Waals surface area contributed by atoms with E-state index in [-0.39, 0.29) is 36.6 Å². The summed E-state index contributed by atoms with van der Waals surface area (Å²) in [6, 6.07) is 11.4. The fourth-order valence-electron chi connectivity index (χ4n) is 6.20. The van der Waals surface area contributed by atoms with Crippen LogP contribution in [0.4, 0.5) is 0 Å². The summed E-state index contributed by atoms with van der Waals surface area (Å²) in [4.78, 5) is 57.1. The van der Waals surface area contributed by atoms with Gasteiger partial charge < -0.3 is 35.6 Å². The highest BCUT2D eigenvalue weighted by Crippen LogP contribution is 2.30. The van der Waals surface area contributed by atoms with Gasteiger partial charge in [0, 0.05) is 31.1 Å². The number of amides is 4. The van der Waals surface area contributed by atoms with Crippen molar-refractivity contribution in [1.82, 2.24) is 26.2 Å². The van der Waals surface area contributed by atoms with Crippen LogP contribution >= 0.6 is 0 Å². The molecule has 7 atom stereocenters. The third-order valence-electron chi connectivity index (χ3n) is 9.37. The first-order chi connectivity index (χ1) is 22.6. The number of hydrogen-bond donors (Lipinski definition) is 4. The van der Waals surface area contributed by atoms with Crippen LogP contribution in [0.1, 0.15) is 58.1 Å². The molecule has 11 nitrogen and oxygen atoms in total. The van der Waals surface area contributed by atoms with Crippen LogP contribution in [0.25, 0.3) is 6.08 Å². The summed E-state index contributed by atoms with van der Waals surface area (Å²) in [6.07, 6.45) is 4.56. The number of benzene rings is 2. The van der Waals surface area contributed by atoms with Gasteiger partial charge in [-0.15, -0.1) is 0 Å². The average Bonchev–Trinajstić information content (AvgIpc) is 3.50. The lowest BCUT2D eigenvalue weighted by Gasteiger charge is -2.33. The summed E-state index contributed by atoms with van der Waals surface area (Å²) in [5, 5.41) is 11.8. The number of carbonyl (C=O) groups is 4. The highest BCUT2D eigenvalue weighted by Gasteiger charge is 2.46. The second-order valence-electron chi connectivity index (χ2n) is 12.4. The number of fused-ring (bicyclic) bond motifs is 3. The number of carbonyl (C=O) groups excluding carboxylic acids is 4. The minimum atomic E-state index is -1.05. The van der Waals surface area contributed by atoms with E-state index in [2.05, 4.69) is 21.3 Å². The van der Waals surface area contributed by atoms with Gasteiger partial charge in [-0.05, 0) is 48.7 Å². The fraction of sp³-hybridized carbons (Fsp3) is 0.500. The number of likely N-dealkylation sites (N-methyl/N-ethyl adjacent to an activating group) is 1. The predicted octanol–water partition coefficient (Wildman–Crippen LogP) is 3.04. The van der Waals surface area contributed by atoms with Crippen LogP contribution in [0, 0.1) is 11.8 Å². The van der Waals surface area contributed by atoms with E-state index in [1.807, 2.05) is 58.0 Å². The van der Waals surface area contributed by atoms with Crippen molar-refractivity contribution in [2.75, 3.05) is 20.7 Å². The highest BCUT2D eigenvalue weighted by molar-refractivity contribution is 5.96. The molecular weight excluding hydrogens is 598 g/mol. The van der Waals surface area contributed by atoms with Gasteiger partial charge in [0.1, 0.15) is 35.7 Å². The van der Waals surface area contributed by atoms with Crippen molar-refractivity contribution >= 4 is 29.7 Å². The van der Waals surface area contributed by atoms with Crippen LogP contribution in [0.5, 0.6) is 11.5 Å². The van der Waals surface area contributed by atoms with Crippen molar-refractivity contribution in [2.24, 2.45) is 11.8 Å². The molecule has 254 valence electrons. The fourth-order valence-corrected chi connectivity index (χ4v) is 6.20. The zero-order valence-corrected chi connectivity index (χ0v) is 28.2. The SMILES string of the molecule is CC[C@H](C)[C@H](NC)C(=O)N[C@@H](Cc1ccccc1)C(=O)N1CC[C@@H]2Oc3ccc(OC)c(c3)/C=C\NC(=O)[C@H]([C@@H](C)CC)NC(=O)[C@H]21. The Balaban J connectivity index is 1.72. The molecule has 0 aliphatic carbocycles. The first-order valence-corrected chi connectivity index (χ1v) is 16.6. The summed E-state index contributed by atoms with van der Waals surface area (Å²) >= 11 is 0. The molecular formula is C36H49N5O6. The number of nitrogens with one attached hydrogen (secondary N) is 4. The van der Waals surface area contributed by atoms with E-state index < -0.39 is 42.1 Å². The second kappa shape index (κ2) is 16.4. The van der Waals surface area contributed by atoms with Gasteiger partial charge in [-0.25, -0.2) is 0 Å². The largest absolute Gasteiger partial charge is 0.496 e. The molecule has 2 heterocycles. The van der Waals surface area contributed by atoms with Gasteiger partial charge >= 0.3 is 0 Å². The molecule has 4 amide bonds. The Morgan fingerprint density at radius 3 is 2.47 bits per heavy atom. The molecule has 2 aliphatic heterocycles. The minimum absolute atomic E-state index is 0.0331. The van der Waals surface area contributed by atoms with Gasteiger partial charge in [-0.3, -0.25) is 19.2 Å². The molecule has 1 saturated heterocycles. The molecule has 1 fully saturated rings. The zero-order valence-electron chi connectivity index (χ0n) is 28.2. The lowest BCUT2D eigenvalue weighted by molar-refractivity contribution is -0.144. The van der Waals surface area contributed by atoms with Crippen LogP contribution in [0.15, 0.2) is 54.7 Å². The maximum Gasteiger partial charge on any atom is 0.247 e. The maximum absolute atomic E-state index is 14.5. The molecule has 2 aliphatic rings. The van der Waals surface area contributed by atoms with Gasteiger partial charge in [0.05, 0.1) is 13.2 Å². The maximum atomic E-state index is 14.5.